The molecule has 1 N–H and O–H groups in total. The summed E-state index contributed by atoms with van der Waals surface area (Å²) in [5.74, 6) is 0.753. The van der Waals surface area contributed by atoms with Crippen molar-refractivity contribution in [3.05, 3.63) is 34.9 Å². The Morgan fingerprint density at radius 2 is 1.80 bits per heavy atom. The van der Waals surface area contributed by atoms with Crippen LogP contribution < -0.4 is 5.32 Å². The first-order valence-corrected chi connectivity index (χ1v) is 8.44. The Balaban J connectivity index is 2.96. The fourth-order valence-electron chi connectivity index (χ4n) is 3.08. The summed E-state index contributed by atoms with van der Waals surface area (Å²) in [5, 5.41) is 3.81. The van der Waals surface area contributed by atoms with Gasteiger partial charge < -0.3 is 5.32 Å². The molecular weight excluding hydrogens is 242 g/mol. The molecule has 2 atom stereocenters. The molecular formula is C19H33N. The maximum absolute atomic E-state index is 3.81. The van der Waals surface area contributed by atoms with Crippen LogP contribution in [0, 0.1) is 19.8 Å². The average Bonchev–Trinajstić information content (AvgIpc) is 2.43. The quantitative estimate of drug-likeness (QED) is 0.622. The molecule has 114 valence electrons. The number of unbranched alkanes of at least 4 members (excludes halogenated alkanes) is 1. The summed E-state index contributed by atoms with van der Waals surface area (Å²) in [6.07, 6.45) is 6.43. The SMILES string of the molecule is CCCCC(CC)C(NCCC)c1ccc(C)cc1C. The zero-order valence-corrected chi connectivity index (χ0v) is 14.1. The zero-order chi connectivity index (χ0) is 15.0. The lowest BCUT2D eigenvalue weighted by Gasteiger charge is -2.29. The third kappa shape index (κ3) is 4.94. The molecule has 0 aliphatic carbocycles. The number of nitrogens with one attached hydrogen (secondary N) is 1. The van der Waals surface area contributed by atoms with Crippen molar-refractivity contribution in [2.75, 3.05) is 6.54 Å². The van der Waals surface area contributed by atoms with Crippen LogP contribution >= 0.6 is 0 Å². The molecule has 20 heavy (non-hydrogen) atoms. The van der Waals surface area contributed by atoms with E-state index in [4.69, 9.17) is 0 Å². The van der Waals surface area contributed by atoms with Crippen LogP contribution in [0.4, 0.5) is 0 Å². The first-order valence-electron chi connectivity index (χ1n) is 8.44. The van der Waals surface area contributed by atoms with E-state index in [9.17, 15) is 0 Å². The number of aryl methyl sites for hydroxylation is 2. The largest absolute Gasteiger partial charge is 0.310 e. The summed E-state index contributed by atoms with van der Waals surface area (Å²) in [7, 11) is 0. The second-order valence-electron chi connectivity index (χ2n) is 6.10. The first kappa shape index (κ1) is 17.2. The molecule has 1 aromatic rings. The van der Waals surface area contributed by atoms with Gasteiger partial charge in [0.15, 0.2) is 0 Å². The van der Waals surface area contributed by atoms with E-state index in [1.165, 1.54) is 48.8 Å². The van der Waals surface area contributed by atoms with Crippen LogP contribution in [0.15, 0.2) is 18.2 Å². The molecule has 1 rings (SSSR count). The molecule has 0 spiro atoms. The molecule has 0 saturated heterocycles. The maximum Gasteiger partial charge on any atom is 0.0351 e. The summed E-state index contributed by atoms with van der Waals surface area (Å²) in [5.41, 5.74) is 4.31. The van der Waals surface area contributed by atoms with Crippen LogP contribution in [-0.2, 0) is 0 Å². The standard InChI is InChI=1S/C19H33N/c1-6-9-10-17(8-3)19(20-13-7-2)18-12-11-15(4)14-16(18)5/h11-12,14,17,19-20H,6-10,13H2,1-5H3. The molecule has 1 nitrogen and oxygen atoms in total. The van der Waals surface area contributed by atoms with Crippen LogP contribution in [0.2, 0.25) is 0 Å². The van der Waals surface area contributed by atoms with Gasteiger partial charge in [0, 0.05) is 6.04 Å². The van der Waals surface area contributed by atoms with Gasteiger partial charge in [0.1, 0.15) is 0 Å². The highest BCUT2D eigenvalue weighted by Gasteiger charge is 2.22. The minimum absolute atomic E-state index is 0.520. The number of benzene rings is 1. The molecule has 2 unspecified atom stereocenters. The molecule has 0 aromatic heterocycles. The Morgan fingerprint density at radius 3 is 2.35 bits per heavy atom. The zero-order valence-electron chi connectivity index (χ0n) is 14.1. The lowest BCUT2D eigenvalue weighted by atomic mass is 9.84. The van der Waals surface area contributed by atoms with E-state index in [0.29, 0.717) is 6.04 Å². The summed E-state index contributed by atoms with van der Waals surface area (Å²) in [4.78, 5) is 0. The number of hydrogen-bond acceptors (Lipinski definition) is 1. The Kier molecular flexibility index (Phi) is 7.91. The summed E-state index contributed by atoms with van der Waals surface area (Å²) < 4.78 is 0. The third-order valence-corrected chi connectivity index (χ3v) is 4.30. The third-order valence-electron chi connectivity index (χ3n) is 4.30. The highest BCUT2D eigenvalue weighted by molar-refractivity contribution is 5.33. The molecule has 0 bridgehead atoms. The Hall–Kier alpha value is -0.820. The van der Waals surface area contributed by atoms with Crippen LogP contribution in [0.1, 0.15) is 75.6 Å². The lowest BCUT2D eigenvalue weighted by molar-refractivity contribution is 0.322. The topological polar surface area (TPSA) is 12.0 Å². The summed E-state index contributed by atoms with van der Waals surface area (Å²) in [6, 6.07) is 7.44. The van der Waals surface area contributed by atoms with Crippen LogP contribution in [-0.4, -0.2) is 6.54 Å². The molecule has 0 aliphatic heterocycles. The van der Waals surface area contributed by atoms with E-state index in [0.717, 1.165) is 12.5 Å². The molecule has 0 fully saturated rings. The molecule has 0 aliphatic rings. The van der Waals surface area contributed by atoms with Crippen LogP contribution in [0.3, 0.4) is 0 Å². The molecule has 0 amide bonds. The van der Waals surface area contributed by atoms with Gasteiger partial charge in [0.2, 0.25) is 0 Å². The van der Waals surface area contributed by atoms with Crippen LogP contribution in [0.5, 0.6) is 0 Å². The van der Waals surface area contributed by atoms with Gasteiger partial charge in [-0.2, -0.15) is 0 Å². The van der Waals surface area contributed by atoms with E-state index < -0.39 is 0 Å². The predicted molar refractivity (Wildman–Crippen MR) is 90.3 cm³/mol. The van der Waals surface area contributed by atoms with Gasteiger partial charge in [-0.25, -0.2) is 0 Å². The van der Waals surface area contributed by atoms with Gasteiger partial charge in [-0.05, 0) is 50.3 Å². The predicted octanol–water partition coefficient (Wildman–Crippen LogP) is 5.56. The molecule has 1 aromatic carbocycles. The Bertz CT molecular complexity index is 383. The van der Waals surface area contributed by atoms with Gasteiger partial charge in [-0.3, -0.25) is 0 Å². The Labute approximate surface area is 126 Å². The summed E-state index contributed by atoms with van der Waals surface area (Å²) >= 11 is 0. The van der Waals surface area contributed by atoms with Crippen molar-refractivity contribution >= 4 is 0 Å². The smallest absolute Gasteiger partial charge is 0.0351 e. The minimum atomic E-state index is 0.520. The van der Waals surface area contributed by atoms with E-state index in [1.807, 2.05) is 0 Å². The summed E-state index contributed by atoms with van der Waals surface area (Å²) in [6.45, 7) is 12.4. The van der Waals surface area contributed by atoms with Gasteiger partial charge >= 0.3 is 0 Å². The van der Waals surface area contributed by atoms with E-state index >= 15 is 0 Å². The number of rotatable bonds is 9. The van der Waals surface area contributed by atoms with E-state index in [-0.39, 0.29) is 0 Å². The van der Waals surface area contributed by atoms with Gasteiger partial charge in [0.05, 0.1) is 0 Å². The second kappa shape index (κ2) is 9.18. The van der Waals surface area contributed by atoms with Crippen molar-refractivity contribution in [1.82, 2.24) is 5.32 Å². The molecule has 0 radical (unpaired) electrons. The molecule has 0 heterocycles. The van der Waals surface area contributed by atoms with Crippen molar-refractivity contribution in [3.8, 4) is 0 Å². The average molecular weight is 275 g/mol. The van der Waals surface area contributed by atoms with E-state index in [2.05, 4.69) is 58.1 Å². The monoisotopic (exact) mass is 275 g/mol. The highest BCUT2D eigenvalue weighted by Crippen LogP contribution is 2.31. The first-order chi connectivity index (χ1) is 9.63. The van der Waals surface area contributed by atoms with Crippen molar-refractivity contribution in [1.29, 1.82) is 0 Å². The normalized spacial score (nSPS) is 14.2. The minimum Gasteiger partial charge on any atom is -0.310 e. The van der Waals surface area contributed by atoms with Crippen LogP contribution in [0.25, 0.3) is 0 Å². The molecule has 1 heteroatoms. The number of hydrogen-bond donors (Lipinski definition) is 1. The van der Waals surface area contributed by atoms with Crippen molar-refractivity contribution in [3.63, 3.8) is 0 Å². The Morgan fingerprint density at radius 1 is 1.05 bits per heavy atom. The fourth-order valence-corrected chi connectivity index (χ4v) is 3.08. The second-order valence-corrected chi connectivity index (χ2v) is 6.10. The highest BCUT2D eigenvalue weighted by atomic mass is 14.9. The van der Waals surface area contributed by atoms with Gasteiger partial charge in [-0.15, -0.1) is 0 Å². The van der Waals surface area contributed by atoms with Crippen molar-refractivity contribution in [2.45, 2.75) is 72.8 Å². The van der Waals surface area contributed by atoms with Gasteiger partial charge in [-0.1, -0.05) is 63.8 Å². The molecule has 0 saturated carbocycles. The van der Waals surface area contributed by atoms with E-state index in [1.54, 1.807) is 0 Å². The van der Waals surface area contributed by atoms with Crippen molar-refractivity contribution < 1.29 is 0 Å². The van der Waals surface area contributed by atoms with Crippen molar-refractivity contribution in [2.24, 2.45) is 5.92 Å². The lowest BCUT2D eigenvalue weighted by Crippen LogP contribution is -2.29. The van der Waals surface area contributed by atoms with Gasteiger partial charge in [0.25, 0.3) is 0 Å². The maximum atomic E-state index is 3.81. The fraction of sp³-hybridized carbons (Fsp3) is 0.684.